The highest BCUT2D eigenvalue weighted by atomic mass is 16.5. The standard InChI is InChI=1S/C14H26N2O/c1-17-11-14(5-2-6-14)10-15-13-9-16-7-3-12(13)4-8-16/h12-13,15H,2-11H2,1H3. The molecular formula is C14H26N2O. The third-order valence-corrected chi connectivity index (χ3v) is 5.26. The van der Waals surface area contributed by atoms with Gasteiger partial charge in [0.15, 0.2) is 0 Å². The molecule has 0 radical (unpaired) electrons. The van der Waals surface area contributed by atoms with Crippen LogP contribution in [-0.4, -0.2) is 50.8 Å². The number of nitrogens with zero attached hydrogens (tertiary/aromatic N) is 1. The Kier molecular flexibility index (Phi) is 3.42. The molecule has 3 nitrogen and oxygen atoms in total. The van der Waals surface area contributed by atoms with E-state index in [9.17, 15) is 0 Å². The van der Waals surface area contributed by atoms with Gasteiger partial charge in [-0.05, 0) is 44.7 Å². The Hall–Kier alpha value is -0.120. The third kappa shape index (κ3) is 2.38. The molecule has 0 aromatic carbocycles. The van der Waals surface area contributed by atoms with Gasteiger partial charge in [-0.15, -0.1) is 0 Å². The molecule has 1 unspecified atom stereocenters. The molecule has 0 aromatic rings. The number of hydrogen-bond donors (Lipinski definition) is 1. The van der Waals surface area contributed by atoms with E-state index in [-0.39, 0.29) is 0 Å². The molecule has 4 rings (SSSR count). The number of hydrogen-bond acceptors (Lipinski definition) is 3. The largest absolute Gasteiger partial charge is 0.384 e. The van der Waals surface area contributed by atoms with Crippen molar-refractivity contribution in [1.29, 1.82) is 0 Å². The summed E-state index contributed by atoms with van der Waals surface area (Å²) in [6.07, 6.45) is 6.93. The first kappa shape index (κ1) is 11.9. The van der Waals surface area contributed by atoms with E-state index in [2.05, 4.69) is 10.2 Å². The molecule has 2 bridgehead atoms. The van der Waals surface area contributed by atoms with Crippen LogP contribution in [0.15, 0.2) is 0 Å². The van der Waals surface area contributed by atoms with E-state index < -0.39 is 0 Å². The number of ether oxygens (including phenoxy) is 1. The predicted octanol–water partition coefficient (Wildman–Crippen LogP) is 1.49. The maximum absolute atomic E-state index is 5.40. The summed E-state index contributed by atoms with van der Waals surface area (Å²) < 4.78 is 5.40. The molecule has 4 fully saturated rings. The highest BCUT2D eigenvalue weighted by Gasteiger charge is 2.39. The molecular weight excluding hydrogens is 212 g/mol. The molecule has 3 saturated heterocycles. The van der Waals surface area contributed by atoms with Crippen LogP contribution < -0.4 is 5.32 Å². The highest BCUT2D eigenvalue weighted by molar-refractivity contribution is 4.95. The van der Waals surface area contributed by atoms with Gasteiger partial charge < -0.3 is 15.0 Å². The maximum atomic E-state index is 5.40. The number of fused-ring (bicyclic) bond motifs is 3. The fourth-order valence-electron chi connectivity index (χ4n) is 3.90. The normalized spacial score (nSPS) is 39.0. The topological polar surface area (TPSA) is 24.5 Å². The van der Waals surface area contributed by atoms with Crippen LogP contribution in [0, 0.1) is 11.3 Å². The Morgan fingerprint density at radius 2 is 2.06 bits per heavy atom. The summed E-state index contributed by atoms with van der Waals surface area (Å²) >= 11 is 0. The van der Waals surface area contributed by atoms with E-state index in [0.717, 1.165) is 18.6 Å². The quantitative estimate of drug-likeness (QED) is 0.785. The van der Waals surface area contributed by atoms with Gasteiger partial charge in [-0.1, -0.05) is 6.42 Å². The number of piperidine rings is 3. The van der Waals surface area contributed by atoms with Crippen LogP contribution >= 0.6 is 0 Å². The SMILES string of the molecule is COCC1(CNC2CN3CCC2CC3)CCC1. The van der Waals surface area contributed by atoms with Crippen LogP contribution in [0.3, 0.4) is 0 Å². The average molecular weight is 238 g/mol. The van der Waals surface area contributed by atoms with Crippen LogP contribution in [0.2, 0.25) is 0 Å². The van der Waals surface area contributed by atoms with Gasteiger partial charge in [0.2, 0.25) is 0 Å². The summed E-state index contributed by atoms with van der Waals surface area (Å²) in [5.74, 6) is 0.944. The lowest BCUT2D eigenvalue weighted by Crippen LogP contribution is -2.58. The summed E-state index contributed by atoms with van der Waals surface area (Å²) in [5.41, 5.74) is 0.473. The fraction of sp³-hybridized carbons (Fsp3) is 1.00. The Bertz CT molecular complexity index is 257. The molecule has 3 heterocycles. The third-order valence-electron chi connectivity index (χ3n) is 5.26. The average Bonchev–Trinajstić information content (AvgIpc) is 2.34. The van der Waals surface area contributed by atoms with Gasteiger partial charge in [-0.25, -0.2) is 0 Å². The van der Waals surface area contributed by atoms with Gasteiger partial charge >= 0.3 is 0 Å². The fourth-order valence-corrected chi connectivity index (χ4v) is 3.90. The van der Waals surface area contributed by atoms with Crippen molar-refractivity contribution >= 4 is 0 Å². The molecule has 3 heteroatoms. The lowest BCUT2D eigenvalue weighted by molar-refractivity contribution is 0.00398. The van der Waals surface area contributed by atoms with Gasteiger partial charge in [-0.2, -0.15) is 0 Å². The van der Waals surface area contributed by atoms with Crippen LogP contribution in [0.4, 0.5) is 0 Å². The number of nitrogens with one attached hydrogen (secondary N) is 1. The second-order valence-electron chi connectivity index (χ2n) is 6.41. The first-order valence-corrected chi connectivity index (χ1v) is 7.26. The maximum Gasteiger partial charge on any atom is 0.0530 e. The number of methoxy groups -OCH3 is 1. The van der Waals surface area contributed by atoms with Gasteiger partial charge in [0.25, 0.3) is 0 Å². The Morgan fingerprint density at radius 1 is 1.29 bits per heavy atom. The molecule has 0 amide bonds. The Labute approximate surface area is 105 Å². The summed E-state index contributed by atoms with van der Waals surface area (Å²) in [4.78, 5) is 2.63. The lowest BCUT2D eigenvalue weighted by Gasteiger charge is -2.48. The van der Waals surface area contributed by atoms with E-state index >= 15 is 0 Å². The smallest absolute Gasteiger partial charge is 0.0530 e. The molecule has 98 valence electrons. The zero-order valence-corrected chi connectivity index (χ0v) is 11.1. The van der Waals surface area contributed by atoms with E-state index in [4.69, 9.17) is 4.74 Å². The van der Waals surface area contributed by atoms with Crippen molar-refractivity contribution < 1.29 is 4.74 Å². The van der Waals surface area contributed by atoms with E-state index in [1.165, 1.54) is 58.3 Å². The van der Waals surface area contributed by atoms with Crippen molar-refractivity contribution in [3.05, 3.63) is 0 Å². The molecule has 17 heavy (non-hydrogen) atoms. The first-order chi connectivity index (χ1) is 8.31. The molecule has 1 atom stereocenters. The lowest BCUT2D eigenvalue weighted by atomic mass is 9.69. The molecule has 0 spiro atoms. The molecule has 4 aliphatic rings. The van der Waals surface area contributed by atoms with Gasteiger partial charge in [0, 0.05) is 31.7 Å². The predicted molar refractivity (Wildman–Crippen MR) is 69.1 cm³/mol. The summed E-state index contributed by atoms with van der Waals surface area (Å²) in [6.45, 7) is 6.09. The van der Waals surface area contributed by atoms with E-state index in [0.29, 0.717) is 5.41 Å². The number of rotatable bonds is 5. The van der Waals surface area contributed by atoms with Gasteiger partial charge in [0.1, 0.15) is 0 Å². The second-order valence-corrected chi connectivity index (χ2v) is 6.41. The Morgan fingerprint density at radius 3 is 2.53 bits per heavy atom. The molecule has 0 aromatic heterocycles. The van der Waals surface area contributed by atoms with Crippen molar-refractivity contribution in [3.8, 4) is 0 Å². The summed E-state index contributed by atoms with van der Waals surface area (Å²) in [7, 11) is 1.84. The molecule has 1 saturated carbocycles. The minimum absolute atomic E-state index is 0.473. The Balaban J connectivity index is 1.50. The van der Waals surface area contributed by atoms with E-state index in [1.807, 2.05) is 7.11 Å². The van der Waals surface area contributed by atoms with Crippen molar-refractivity contribution in [2.75, 3.05) is 39.9 Å². The van der Waals surface area contributed by atoms with Crippen LogP contribution in [-0.2, 0) is 4.74 Å². The van der Waals surface area contributed by atoms with Gasteiger partial charge in [0.05, 0.1) is 6.61 Å². The monoisotopic (exact) mass is 238 g/mol. The van der Waals surface area contributed by atoms with Crippen molar-refractivity contribution in [2.45, 2.75) is 38.1 Å². The van der Waals surface area contributed by atoms with Crippen molar-refractivity contribution in [2.24, 2.45) is 11.3 Å². The second kappa shape index (κ2) is 4.87. The van der Waals surface area contributed by atoms with Crippen molar-refractivity contribution in [1.82, 2.24) is 10.2 Å². The van der Waals surface area contributed by atoms with E-state index in [1.54, 1.807) is 0 Å². The zero-order chi connectivity index (χ0) is 11.7. The molecule has 3 aliphatic heterocycles. The summed E-state index contributed by atoms with van der Waals surface area (Å²) in [5, 5.41) is 3.86. The van der Waals surface area contributed by atoms with Crippen LogP contribution in [0.5, 0.6) is 0 Å². The minimum atomic E-state index is 0.473. The van der Waals surface area contributed by atoms with Crippen LogP contribution in [0.1, 0.15) is 32.1 Å². The van der Waals surface area contributed by atoms with Gasteiger partial charge in [-0.3, -0.25) is 0 Å². The van der Waals surface area contributed by atoms with Crippen molar-refractivity contribution in [3.63, 3.8) is 0 Å². The first-order valence-electron chi connectivity index (χ1n) is 7.26. The highest BCUT2D eigenvalue weighted by Crippen LogP contribution is 2.41. The zero-order valence-electron chi connectivity index (χ0n) is 11.1. The van der Waals surface area contributed by atoms with Crippen LogP contribution in [0.25, 0.3) is 0 Å². The molecule has 1 N–H and O–H groups in total. The minimum Gasteiger partial charge on any atom is -0.384 e. The summed E-state index contributed by atoms with van der Waals surface area (Å²) in [6, 6.07) is 0.756. The molecule has 1 aliphatic carbocycles.